The van der Waals surface area contributed by atoms with Crippen molar-refractivity contribution in [2.45, 2.75) is 51.6 Å². The van der Waals surface area contributed by atoms with Crippen LogP contribution in [-0.2, 0) is 32.6 Å². The maximum absolute atomic E-state index is 14.5. The molecule has 7 nitrogen and oxygen atoms in total. The molecule has 0 spiro atoms. The van der Waals surface area contributed by atoms with Crippen LogP contribution in [0.1, 0.15) is 36.1 Å². The molecule has 0 heterocycles. The Morgan fingerprint density at radius 2 is 1.36 bits per heavy atom. The lowest BCUT2D eigenvalue weighted by atomic mass is 10.0. The Morgan fingerprint density at radius 1 is 0.773 bits per heavy atom. The van der Waals surface area contributed by atoms with Crippen LogP contribution in [0.2, 0.25) is 0 Å². The quantitative estimate of drug-likeness (QED) is 0.204. The van der Waals surface area contributed by atoms with Crippen molar-refractivity contribution in [3.63, 3.8) is 0 Å². The second-order valence-corrected chi connectivity index (χ2v) is 13.3. The van der Waals surface area contributed by atoms with Gasteiger partial charge in [-0.15, -0.1) is 0 Å². The highest BCUT2D eigenvalue weighted by Gasteiger charge is 2.34. The molecule has 1 N–H and O–H groups in total. The largest absolute Gasteiger partial charge is 0.354 e. The molecule has 0 aromatic heterocycles. The molecule has 0 aliphatic rings. The Bertz CT molecular complexity index is 1640. The number of hydrogen-bond donors (Lipinski definition) is 1. The van der Waals surface area contributed by atoms with Gasteiger partial charge in [0.15, 0.2) is 0 Å². The van der Waals surface area contributed by atoms with Gasteiger partial charge in [-0.2, -0.15) is 0 Å². The van der Waals surface area contributed by atoms with Gasteiger partial charge in [0.2, 0.25) is 11.8 Å². The molecule has 230 valence electrons. The first-order valence-corrected chi connectivity index (χ1v) is 16.3. The Kier molecular flexibility index (Phi) is 11.0. The molecule has 0 bridgehead atoms. The van der Waals surface area contributed by atoms with Crippen LogP contribution in [-0.4, -0.2) is 44.3 Å². The number of rotatable bonds is 13. The fourth-order valence-electron chi connectivity index (χ4n) is 4.91. The number of amides is 2. The van der Waals surface area contributed by atoms with Crippen LogP contribution in [0.3, 0.4) is 0 Å². The lowest BCUT2D eigenvalue weighted by Crippen LogP contribution is -2.53. The lowest BCUT2D eigenvalue weighted by Gasteiger charge is -2.34. The predicted octanol–water partition coefficient (Wildman–Crippen LogP) is 5.91. The molecule has 4 aromatic carbocycles. The first kappa shape index (κ1) is 32.5. The zero-order chi connectivity index (χ0) is 31.7. The Labute approximate surface area is 261 Å². The molecule has 0 aliphatic heterocycles. The monoisotopic (exact) mass is 611 g/mol. The third-order valence-electron chi connectivity index (χ3n) is 7.49. The van der Waals surface area contributed by atoms with Crippen molar-refractivity contribution in [2.75, 3.05) is 17.4 Å². The molecule has 0 unspecified atom stereocenters. The molecule has 2 amide bonds. The molecule has 0 saturated heterocycles. The number of carbonyl (C=O) groups excluding carboxylic acids is 2. The molecule has 44 heavy (non-hydrogen) atoms. The van der Waals surface area contributed by atoms with E-state index in [4.69, 9.17) is 0 Å². The first-order chi connectivity index (χ1) is 21.1. The molecule has 0 fully saturated rings. The second kappa shape index (κ2) is 14.8. The van der Waals surface area contributed by atoms with Crippen LogP contribution in [0, 0.1) is 19.8 Å². The molecule has 1 atom stereocenters. The van der Waals surface area contributed by atoms with E-state index in [0.29, 0.717) is 12.2 Å². The van der Waals surface area contributed by atoms with Crippen molar-refractivity contribution < 1.29 is 18.0 Å². The molecule has 0 saturated carbocycles. The van der Waals surface area contributed by atoms with Crippen LogP contribution >= 0.6 is 0 Å². The molecule has 8 heteroatoms. The smallest absolute Gasteiger partial charge is 0.264 e. The van der Waals surface area contributed by atoms with Gasteiger partial charge < -0.3 is 10.2 Å². The summed E-state index contributed by atoms with van der Waals surface area (Å²) in [6.45, 7) is 7.98. The molecule has 0 aliphatic carbocycles. The molecule has 4 rings (SSSR count). The minimum atomic E-state index is -4.12. The number of sulfonamides is 1. The van der Waals surface area contributed by atoms with E-state index in [1.54, 1.807) is 54.6 Å². The number of aryl methyl sites for hydroxylation is 2. The van der Waals surface area contributed by atoms with Crippen LogP contribution in [0.4, 0.5) is 5.69 Å². The van der Waals surface area contributed by atoms with Crippen molar-refractivity contribution in [1.82, 2.24) is 10.2 Å². The third kappa shape index (κ3) is 8.35. The number of hydrogen-bond acceptors (Lipinski definition) is 4. The summed E-state index contributed by atoms with van der Waals surface area (Å²) in [7, 11) is -4.12. The van der Waals surface area contributed by atoms with Crippen molar-refractivity contribution in [3.05, 3.63) is 131 Å². The van der Waals surface area contributed by atoms with Gasteiger partial charge in [-0.25, -0.2) is 8.42 Å². The summed E-state index contributed by atoms with van der Waals surface area (Å²) < 4.78 is 29.3. The Balaban J connectivity index is 1.79. The summed E-state index contributed by atoms with van der Waals surface area (Å²) in [6, 6.07) is 31.6. The standard InChI is InChI=1S/C36H41N3O4S/c1-27(2)24-37-36(41)34(23-30-14-7-5-8-15-30)38(25-31-16-12-11-13-29(31)4)35(40)26-39(32-17-9-6-10-18-32)44(42,43)33-21-19-28(3)20-22-33/h5-22,27,34H,23-26H2,1-4H3,(H,37,41)/t34-/m1/s1. The maximum Gasteiger partial charge on any atom is 0.264 e. The van der Waals surface area contributed by atoms with Crippen molar-refractivity contribution in [2.24, 2.45) is 5.92 Å². The van der Waals surface area contributed by atoms with E-state index in [-0.39, 0.29) is 29.7 Å². The fraction of sp³-hybridized carbons (Fsp3) is 0.278. The number of nitrogens with zero attached hydrogens (tertiary/aromatic N) is 2. The topological polar surface area (TPSA) is 86.8 Å². The van der Waals surface area contributed by atoms with Crippen LogP contribution in [0.25, 0.3) is 0 Å². The number of nitrogens with one attached hydrogen (secondary N) is 1. The van der Waals surface area contributed by atoms with Crippen molar-refractivity contribution in [3.8, 4) is 0 Å². The van der Waals surface area contributed by atoms with Gasteiger partial charge in [0.05, 0.1) is 10.6 Å². The van der Waals surface area contributed by atoms with E-state index in [2.05, 4.69) is 5.32 Å². The van der Waals surface area contributed by atoms with Gasteiger partial charge in [0.25, 0.3) is 10.0 Å². The van der Waals surface area contributed by atoms with Crippen LogP contribution in [0.5, 0.6) is 0 Å². The van der Waals surface area contributed by atoms with E-state index in [0.717, 1.165) is 26.6 Å². The van der Waals surface area contributed by atoms with Crippen molar-refractivity contribution in [1.29, 1.82) is 0 Å². The lowest BCUT2D eigenvalue weighted by molar-refractivity contribution is -0.140. The third-order valence-corrected chi connectivity index (χ3v) is 9.28. The maximum atomic E-state index is 14.5. The van der Waals surface area contributed by atoms with Crippen LogP contribution in [0.15, 0.2) is 114 Å². The van der Waals surface area contributed by atoms with Gasteiger partial charge in [-0.05, 0) is 60.7 Å². The minimum Gasteiger partial charge on any atom is -0.354 e. The van der Waals surface area contributed by atoms with Gasteiger partial charge in [0, 0.05) is 19.5 Å². The van der Waals surface area contributed by atoms with Gasteiger partial charge in [-0.3, -0.25) is 13.9 Å². The zero-order valence-electron chi connectivity index (χ0n) is 25.8. The number of benzene rings is 4. The highest BCUT2D eigenvalue weighted by atomic mass is 32.2. The van der Waals surface area contributed by atoms with E-state index in [1.165, 1.54) is 4.90 Å². The minimum absolute atomic E-state index is 0.0840. The number of anilines is 1. The fourth-order valence-corrected chi connectivity index (χ4v) is 6.32. The first-order valence-electron chi connectivity index (χ1n) is 14.9. The molecular formula is C36H41N3O4S. The zero-order valence-corrected chi connectivity index (χ0v) is 26.6. The summed E-state index contributed by atoms with van der Waals surface area (Å²) in [4.78, 5) is 29.9. The Hall–Kier alpha value is -4.43. The summed E-state index contributed by atoms with van der Waals surface area (Å²) in [5.41, 5.74) is 4.03. The van der Waals surface area contributed by atoms with E-state index < -0.39 is 28.5 Å². The highest BCUT2D eigenvalue weighted by Crippen LogP contribution is 2.25. The van der Waals surface area contributed by atoms with E-state index in [9.17, 15) is 18.0 Å². The molecule has 0 radical (unpaired) electrons. The van der Waals surface area contributed by atoms with E-state index in [1.807, 2.05) is 82.3 Å². The summed E-state index contributed by atoms with van der Waals surface area (Å²) >= 11 is 0. The molecular weight excluding hydrogens is 570 g/mol. The highest BCUT2D eigenvalue weighted by molar-refractivity contribution is 7.92. The summed E-state index contributed by atoms with van der Waals surface area (Å²) in [6.07, 6.45) is 0.276. The second-order valence-electron chi connectivity index (χ2n) is 11.5. The average molecular weight is 612 g/mol. The number of para-hydroxylation sites is 1. The average Bonchev–Trinajstić information content (AvgIpc) is 3.02. The van der Waals surface area contributed by atoms with Gasteiger partial charge in [0.1, 0.15) is 12.6 Å². The Morgan fingerprint density at radius 3 is 1.98 bits per heavy atom. The summed E-state index contributed by atoms with van der Waals surface area (Å²) in [5, 5.41) is 3.02. The normalized spacial score (nSPS) is 12.0. The summed E-state index contributed by atoms with van der Waals surface area (Å²) in [5.74, 6) is -0.546. The predicted molar refractivity (Wildman–Crippen MR) is 176 cm³/mol. The van der Waals surface area contributed by atoms with Gasteiger partial charge >= 0.3 is 0 Å². The van der Waals surface area contributed by atoms with Crippen LogP contribution < -0.4 is 9.62 Å². The van der Waals surface area contributed by atoms with Gasteiger partial charge in [-0.1, -0.05) is 104 Å². The SMILES string of the molecule is Cc1ccc(S(=O)(=O)N(CC(=O)N(Cc2ccccc2C)[C@H](Cc2ccccc2)C(=O)NCC(C)C)c2ccccc2)cc1. The molecule has 4 aromatic rings. The van der Waals surface area contributed by atoms with Crippen molar-refractivity contribution >= 4 is 27.5 Å². The number of carbonyl (C=O) groups is 2. The van der Waals surface area contributed by atoms with E-state index >= 15 is 0 Å².